The highest BCUT2D eigenvalue weighted by Crippen LogP contribution is 2.25. The average molecular weight is 380 g/mol. The van der Waals surface area contributed by atoms with Crippen molar-refractivity contribution in [3.8, 4) is 5.75 Å². The molecule has 27 heavy (non-hydrogen) atoms. The molecule has 0 aromatic heterocycles. The average Bonchev–Trinajstić information content (AvgIpc) is 2.67. The van der Waals surface area contributed by atoms with E-state index in [2.05, 4.69) is 12.2 Å². The molecule has 1 saturated heterocycles. The first-order chi connectivity index (χ1) is 13.0. The lowest BCUT2D eigenvalue weighted by Crippen LogP contribution is -2.54. The van der Waals surface area contributed by atoms with Gasteiger partial charge in [0.05, 0.1) is 12.3 Å². The molecule has 3 rings (SSSR count). The fraction of sp³-hybridized carbons (Fsp3) is 0.190. The number of nitrogens with one attached hydrogen (secondary N) is 1. The van der Waals surface area contributed by atoms with Crippen molar-refractivity contribution in [2.75, 3.05) is 11.5 Å². The Bertz CT molecular complexity index is 919. The van der Waals surface area contributed by atoms with E-state index in [4.69, 9.17) is 17.0 Å². The van der Waals surface area contributed by atoms with E-state index in [0.717, 1.165) is 12.0 Å². The van der Waals surface area contributed by atoms with Crippen LogP contribution in [0.3, 0.4) is 0 Å². The van der Waals surface area contributed by atoms with E-state index in [9.17, 15) is 9.59 Å². The van der Waals surface area contributed by atoms with Crippen LogP contribution in [0.15, 0.2) is 54.1 Å². The van der Waals surface area contributed by atoms with Gasteiger partial charge in [-0.1, -0.05) is 37.3 Å². The standard InChI is InChI=1S/C21H20N2O3S/c1-3-14-9-11-16(12-10-14)23-20(25)17(19(24)22-21(23)27)13-15-7-5-6-8-18(15)26-4-2/h5-13H,3-4H2,1-2H3,(H,22,24,27)/b17-13+. The third-order valence-corrected chi connectivity index (χ3v) is 4.51. The van der Waals surface area contributed by atoms with E-state index < -0.39 is 11.8 Å². The first-order valence-corrected chi connectivity index (χ1v) is 9.18. The minimum Gasteiger partial charge on any atom is -0.493 e. The zero-order chi connectivity index (χ0) is 19.4. The van der Waals surface area contributed by atoms with Crippen molar-refractivity contribution in [1.82, 2.24) is 5.32 Å². The molecule has 1 heterocycles. The molecule has 0 bridgehead atoms. The Hall–Kier alpha value is -2.99. The maximum absolute atomic E-state index is 13.0. The zero-order valence-electron chi connectivity index (χ0n) is 15.2. The third kappa shape index (κ3) is 3.90. The molecule has 0 spiro atoms. The lowest BCUT2D eigenvalue weighted by Gasteiger charge is -2.29. The van der Waals surface area contributed by atoms with Crippen LogP contribution >= 0.6 is 12.2 Å². The number of benzene rings is 2. The van der Waals surface area contributed by atoms with Crippen LogP contribution < -0.4 is 15.0 Å². The fourth-order valence-electron chi connectivity index (χ4n) is 2.81. The molecular formula is C21H20N2O3S. The minimum atomic E-state index is -0.516. The maximum Gasteiger partial charge on any atom is 0.270 e. The van der Waals surface area contributed by atoms with E-state index in [0.29, 0.717) is 23.6 Å². The molecule has 1 N–H and O–H groups in total. The number of ether oxygens (including phenoxy) is 1. The topological polar surface area (TPSA) is 58.6 Å². The number of nitrogens with zero attached hydrogens (tertiary/aromatic N) is 1. The van der Waals surface area contributed by atoms with E-state index in [1.807, 2.05) is 43.3 Å². The second-order valence-electron chi connectivity index (χ2n) is 5.95. The normalized spacial score (nSPS) is 15.9. The Morgan fingerprint density at radius 1 is 1.07 bits per heavy atom. The molecule has 1 aliphatic rings. The summed E-state index contributed by atoms with van der Waals surface area (Å²) in [6, 6.07) is 14.8. The van der Waals surface area contributed by atoms with Gasteiger partial charge in [-0.15, -0.1) is 0 Å². The van der Waals surface area contributed by atoms with Crippen molar-refractivity contribution in [1.29, 1.82) is 0 Å². The summed E-state index contributed by atoms with van der Waals surface area (Å²) < 4.78 is 5.58. The fourth-order valence-corrected chi connectivity index (χ4v) is 3.10. The van der Waals surface area contributed by atoms with Gasteiger partial charge in [-0.2, -0.15) is 0 Å². The van der Waals surface area contributed by atoms with Crippen LogP contribution in [0.5, 0.6) is 5.75 Å². The second kappa shape index (κ2) is 8.14. The smallest absolute Gasteiger partial charge is 0.270 e. The number of carbonyl (C=O) groups excluding carboxylic acids is 2. The van der Waals surface area contributed by atoms with Gasteiger partial charge in [0.1, 0.15) is 11.3 Å². The van der Waals surface area contributed by atoms with Gasteiger partial charge in [0, 0.05) is 5.56 Å². The number of hydrogen-bond donors (Lipinski definition) is 1. The molecule has 6 heteroatoms. The van der Waals surface area contributed by atoms with Crippen LogP contribution in [0.2, 0.25) is 0 Å². The van der Waals surface area contributed by atoms with Crippen LogP contribution in [0.4, 0.5) is 5.69 Å². The Morgan fingerprint density at radius 3 is 2.44 bits per heavy atom. The van der Waals surface area contributed by atoms with Crippen molar-refractivity contribution in [2.45, 2.75) is 20.3 Å². The summed E-state index contributed by atoms with van der Waals surface area (Å²) in [5.74, 6) is -0.364. The summed E-state index contributed by atoms with van der Waals surface area (Å²) in [6.07, 6.45) is 2.44. The van der Waals surface area contributed by atoms with Gasteiger partial charge in [-0.3, -0.25) is 19.8 Å². The maximum atomic E-state index is 13.0. The third-order valence-electron chi connectivity index (χ3n) is 4.22. The van der Waals surface area contributed by atoms with Crippen molar-refractivity contribution in [2.24, 2.45) is 0 Å². The Kier molecular flexibility index (Phi) is 5.66. The predicted octanol–water partition coefficient (Wildman–Crippen LogP) is 3.48. The molecule has 0 saturated carbocycles. The largest absolute Gasteiger partial charge is 0.493 e. The SMILES string of the molecule is CCOc1ccccc1/C=C1\C(=O)NC(=S)N(c2ccc(CC)cc2)C1=O. The monoisotopic (exact) mass is 380 g/mol. The molecule has 1 fully saturated rings. The number of carbonyl (C=O) groups is 2. The van der Waals surface area contributed by atoms with Crippen LogP contribution in [0.1, 0.15) is 25.0 Å². The van der Waals surface area contributed by atoms with Gasteiger partial charge in [-0.25, -0.2) is 0 Å². The molecule has 0 atom stereocenters. The number of aryl methyl sites for hydroxylation is 1. The number of anilines is 1. The number of hydrogen-bond acceptors (Lipinski definition) is 4. The van der Waals surface area contributed by atoms with E-state index in [1.54, 1.807) is 12.1 Å². The van der Waals surface area contributed by atoms with Crippen molar-refractivity contribution >= 4 is 40.9 Å². The number of amides is 2. The van der Waals surface area contributed by atoms with Crippen LogP contribution in [0, 0.1) is 0 Å². The highest BCUT2D eigenvalue weighted by atomic mass is 32.1. The first-order valence-electron chi connectivity index (χ1n) is 8.77. The number of para-hydroxylation sites is 1. The predicted molar refractivity (Wildman–Crippen MR) is 110 cm³/mol. The molecule has 0 unspecified atom stereocenters. The van der Waals surface area contributed by atoms with Gasteiger partial charge < -0.3 is 4.74 Å². The summed E-state index contributed by atoms with van der Waals surface area (Å²) in [5, 5.41) is 2.67. The van der Waals surface area contributed by atoms with Gasteiger partial charge in [0.2, 0.25) is 0 Å². The first kappa shape index (κ1) is 18.8. The molecular weight excluding hydrogens is 360 g/mol. The van der Waals surface area contributed by atoms with Gasteiger partial charge in [-0.05, 0) is 55.4 Å². The second-order valence-corrected chi connectivity index (χ2v) is 6.34. The number of thiocarbonyl (C=S) groups is 1. The highest BCUT2D eigenvalue weighted by Gasteiger charge is 2.34. The summed E-state index contributed by atoms with van der Waals surface area (Å²) in [5.41, 5.74) is 2.44. The quantitative estimate of drug-likeness (QED) is 0.490. The summed E-state index contributed by atoms with van der Waals surface area (Å²) in [6.45, 7) is 4.42. The summed E-state index contributed by atoms with van der Waals surface area (Å²) in [4.78, 5) is 26.8. The lowest BCUT2D eigenvalue weighted by molar-refractivity contribution is -0.122. The van der Waals surface area contributed by atoms with Crippen LogP contribution in [0.25, 0.3) is 6.08 Å². The van der Waals surface area contributed by atoms with Gasteiger partial charge >= 0.3 is 0 Å². The molecule has 0 aliphatic carbocycles. The van der Waals surface area contributed by atoms with E-state index in [1.165, 1.54) is 11.0 Å². The van der Waals surface area contributed by atoms with Gasteiger partial charge in [0.25, 0.3) is 11.8 Å². The molecule has 1 aliphatic heterocycles. The van der Waals surface area contributed by atoms with Crippen LogP contribution in [-0.4, -0.2) is 23.5 Å². The Balaban J connectivity index is 1.99. The summed E-state index contributed by atoms with van der Waals surface area (Å²) in [7, 11) is 0. The Labute approximate surface area is 163 Å². The molecule has 5 nitrogen and oxygen atoms in total. The van der Waals surface area contributed by atoms with E-state index >= 15 is 0 Å². The lowest BCUT2D eigenvalue weighted by atomic mass is 10.1. The van der Waals surface area contributed by atoms with Crippen molar-refractivity contribution < 1.29 is 14.3 Å². The number of rotatable bonds is 5. The van der Waals surface area contributed by atoms with Crippen molar-refractivity contribution in [3.05, 3.63) is 65.2 Å². The van der Waals surface area contributed by atoms with Crippen LogP contribution in [-0.2, 0) is 16.0 Å². The van der Waals surface area contributed by atoms with Gasteiger partial charge in [0.15, 0.2) is 5.11 Å². The van der Waals surface area contributed by atoms with Crippen molar-refractivity contribution in [3.63, 3.8) is 0 Å². The minimum absolute atomic E-state index is 0.00956. The highest BCUT2D eigenvalue weighted by molar-refractivity contribution is 7.80. The molecule has 2 aromatic rings. The summed E-state index contributed by atoms with van der Waals surface area (Å²) >= 11 is 5.23. The molecule has 2 amide bonds. The molecule has 2 aromatic carbocycles. The van der Waals surface area contributed by atoms with E-state index in [-0.39, 0.29) is 10.7 Å². The molecule has 0 radical (unpaired) electrons. The zero-order valence-corrected chi connectivity index (χ0v) is 16.0. The Morgan fingerprint density at radius 2 is 1.78 bits per heavy atom. The molecule has 138 valence electrons.